The first-order valence-electron chi connectivity index (χ1n) is 20.9. The minimum atomic E-state index is 0.502. The van der Waals surface area contributed by atoms with E-state index in [4.69, 9.17) is 19.4 Å². The van der Waals surface area contributed by atoms with Gasteiger partial charge in [-0.05, 0) is 83.6 Å². The largest absolute Gasteiger partial charge is 0.454 e. The van der Waals surface area contributed by atoms with Crippen LogP contribution in [0.4, 0.5) is 0 Å². The van der Waals surface area contributed by atoms with Crippen LogP contribution in [0, 0.1) is 5.92 Å². The molecule has 61 heavy (non-hydrogen) atoms. The lowest BCUT2D eigenvalue weighted by atomic mass is 9.93. The fraction of sp³-hybridized carbons (Fsp3) is 0.0536. The summed E-state index contributed by atoms with van der Waals surface area (Å²) in [4.78, 5) is 15.8. The van der Waals surface area contributed by atoms with E-state index in [9.17, 15) is 0 Å². The van der Waals surface area contributed by atoms with Gasteiger partial charge in [0.25, 0.3) is 0 Å². The van der Waals surface area contributed by atoms with Crippen molar-refractivity contribution in [1.82, 2.24) is 19.5 Å². The Morgan fingerprint density at radius 2 is 1.20 bits per heavy atom. The number of nitrogens with zero attached hydrogens (tertiary/aromatic N) is 4. The predicted molar refractivity (Wildman–Crippen MR) is 251 cm³/mol. The van der Waals surface area contributed by atoms with Gasteiger partial charge < -0.3 is 8.98 Å². The molecule has 12 rings (SSSR count). The Morgan fingerprint density at radius 3 is 2.02 bits per heavy atom. The zero-order valence-corrected chi connectivity index (χ0v) is 33.5. The summed E-state index contributed by atoms with van der Waals surface area (Å²) >= 11 is 0. The van der Waals surface area contributed by atoms with E-state index in [1.54, 1.807) is 0 Å². The molecule has 0 N–H and O–H groups in total. The first-order valence-corrected chi connectivity index (χ1v) is 20.9. The van der Waals surface area contributed by atoms with Crippen molar-refractivity contribution in [3.63, 3.8) is 0 Å². The first kappa shape index (κ1) is 35.1. The summed E-state index contributed by atoms with van der Waals surface area (Å²) in [5.74, 6) is 1.17. The van der Waals surface area contributed by atoms with Crippen LogP contribution in [0.15, 0.2) is 192 Å². The summed E-state index contributed by atoms with van der Waals surface area (Å²) in [7, 11) is 0. The molecule has 1 aliphatic rings. The molecule has 7 aromatic carbocycles. The summed E-state index contributed by atoms with van der Waals surface area (Å²) in [5, 5.41) is 4.51. The van der Waals surface area contributed by atoms with Gasteiger partial charge in [0.15, 0.2) is 11.4 Å². The number of allylic oxidation sites excluding steroid dienone is 1. The number of benzene rings is 7. The lowest BCUT2D eigenvalue weighted by Crippen LogP contribution is -2.05. The van der Waals surface area contributed by atoms with Crippen LogP contribution in [-0.4, -0.2) is 19.5 Å². The molecule has 0 fully saturated rings. The van der Waals surface area contributed by atoms with Gasteiger partial charge in [-0.2, -0.15) is 0 Å². The molecule has 4 aromatic heterocycles. The van der Waals surface area contributed by atoms with E-state index >= 15 is 0 Å². The molecular formula is C56H38N4O. The maximum Gasteiger partial charge on any atom is 0.162 e. The van der Waals surface area contributed by atoms with E-state index in [-0.39, 0.29) is 0 Å². The van der Waals surface area contributed by atoms with Gasteiger partial charge in [0.2, 0.25) is 0 Å². The lowest BCUT2D eigenvalue weighted by molar-refractivity contribution is 0.669. The Morgan fingerprint density at radius 1 is 0.525 bits per heavy atom. The fourth-order valence-corrected chi connectivity index (χ4v) is 9.22. The van der Waals surface area contributed by atoms with Crippen LogP contribution >= 0.6 is 0 Å². The van der Waals surface area contributed by atoms with Gasteiger partial charge in [0, 0.05) is 55.2 Å². The molecule has 0 spiro atoms. The zero-order valence-electron chi connectivity index (χ0n) is 33.5. The average Bonchev–Trinajstić information content (AvgIpc) is 3.88. The zero-order chi connectivity index (χ0) is 40.4. The van der Waals surface area contributed by atoms with E-state index in [0.29, 0.717) is 11.7 Å². The molecule has 5 heteroatoms. The number of hydrogen-bond donors (Lipinski definition) is 0. The van der Waals surface area contributed by atoms with Crippen LogP contribution < -0.4 is 0 Å². The summed E-state index contributed by atoms with van der Waals surface area (Å²) in [6.07, 6.45) is 5.65. The Balaban J connectivity index is 1.02. The average molecular weight is 783 g/mol. The van der Waals surface area contributed by atoms with Crippen LogP contribution in [-0.2, 0) is 6.42 Å². The second-order valence-corrected chi connectivity index (χ2v) is 16.1. The Hall–Kier alpha value is -7.89. The molecule has 0 aliphatic heterocycles. The van der Waals surface area contributed by atoms with Gasteiger partial charge in [-0.15, -0.1) is 0 Å². The number of fused-ring (bicyclic) bond motifs is 8. The first-order chi connectivity index (χ1) is 30.1. The smallest absolute Gasteiger partial charge is 0.162 e. The molecule has 0 radical (unpaired) electrons. The quantitative estimate of drug-likeness (QED) is 0.169. The molecule has 4 heterocycles. The Bertz CT molecular complexity index is 3530. The normalized spacial score (nSPS) is 13.7. The third kappa shape index (κ3) is 5.96. The van der Waals surface area contributed by atoms with Gasteiger partial charge in [-0.3, -0.25) is 0 Å². The van der Waals surface area contributed by atoms with Crippen LogP contribution in [0.5, 0.6) is 0 Å². The lowest BCUT2D eigenvalue weighted by Gasteiger charge is -2.16. The fourth-order valence-electron chi connectivity index (χ4n) is 9.22. The second kappa shape index (κ2) is 14.1. The number of pyridine rings is 1. The van der Waals surface area contributed by atoms with Crippen LogP contribution in [0.3, 0.4) is 0 Å². The van der Waals surface area contributed by atoms with Crippen LogP contribution in [0.25, 0.3) is 112 Å². The highest BCUT2D eigenvalue weighted by Gasteiger charge is 2.22. The number of rotatable bonds is 6. The highest BCUT2D eigenvalue weighted by Crippen LogP contribution is 2.42. The number of furan rings is 1. The third-order valence-corrected chi connectivity index (χ3v) is 12.1. The van der Waals surface area contributed by atoms with Crippen molar-refractivity contribution >= 4 is 49.8 Å². The van der Waals surface area contributed by atoms with Crippen molar-refractivity contribution in [1.29, 1.82) is 0 Å². The molecule has 0 saturated carbocycles. The number of aromatic nitrogens is 4. The van der Waals surface area contributed by atoms with E-state index < -0.39 is 0 Å². The molecular weight excluding hydrogens is 745 g/mol. The maximum atomic E-state index is 6.71. The maximum absolute atomic E-state index is 6.71. The van der Waals surface area contributed by atoms with E-state index in [2.05, 4.69) is 169 Å². The number of hydrogen-bond acceptors (Lipinski definition) is 4. The van der Waals surface area contributed by atoms with E-state index in [0.717, 1.165) is 95.4 Å². The van der Waals surface area contributed by atoms with Crippen molar-refractivity contribution in [3.8, 4) is 62.0 Å². The van der Waals surface area contributed by atoms with Crippen molar-refractivity contribution in [2.24, 2.45) is 5.92 Å². The topological polar surface area (TPSA) is 56.7 Å². The van der Waals surface area contributed by atoms with Crippen molar-refractivity contribution < 1.29 is 4.42 Å². The summed E-state index contributed by atoms with van der Waals surface area (Å²) in [5.41, 5.74) is 16.2. The van der Waals surface area contributed by atoms with Crippen molar-refractivity contribution in [2.45, 2.75) is 13.3 Å². The van der Waals surface area contributed by atoms with E-state index in [1.165, 1.54) is 22.2 Å². The Kier molecular flexibility index (Phi) is 8.13. The number of para-hydroxylation sites is 2. The summed E-state index contributed by atoms with van der Waals surface area (Å²) in [6.45, 7) is 2.29. The molecule has 1 atom stereocenters. The van der Waals surface area contributed by atoms with Gasteiger partial charge in [0.1, 0.15) is 11.3 Å². The van der Waals surface area contributed by atoms with Crippen LogP contribution in [0.1, 0.15) is 18.2 Å². The SMILES string of the molecule is C[C@@H]1C=Cc2c(c3ccccc3n2-c2cccc(-c3cc(-c4cccc(-c5nc6ccc(-c7ccccc7)cc6c6c5oc5ccccc56)c4)nc(-c4ccccc4)n3)c2)C1. The molecule has 0 bridgehead atoms. The predicted octanol–water partition coefficient (Wildman–Crippen LogP) is 14.4. The van der Waals surface area contributed by atoms with Gasteiger partial charge >= 0.3 is 0 Å². The monoisotopic (exact) mass is 782 g/mol. The van der Waals surface area contributed by atoms with Gasteiger partial charge in [-0.1, -0.05) is 146 Å². The van der Waals surface area contributed by atoms with Crippen LogP contribution in [0.2, 0.25) is 0 Å². The van der Waals surface area contributed by atoms with Crippen molar-refractivity contribution in [3.05, 3.63) is 199 Å². The standard InChI is InChI=1S/C56H38N4O/c1-35-26-29-51-45(30-35)43-22-8-10-24-50(43)60(51)42-21-13-19-40(32-42)49-34-48(58-56(59-49)37-16-6-3-7-17-37)39-18-12-20-41(31-39)54-55-53(44-23-9-11-25-52(44)61-55)46-33-38(27-28-47(46)57-54)36-14-4-2-5-15-36/h2-29,31-35H,30H2,1H3/t35-/m1/s1. The minimum Gasteiger partial charge on any atom is -0.454 e. The highest BCUT2D eigenvalue weighted by atomic mass is 16.3. The van der Waals surface area contributed by atoms with Gasteiger partial charge in [-0.25, -0.2) is 15.0 Å². The molecule has 0 unspecified atom stereocenters. The molecule has 0 saturated heterocycles. The van der Waals surface area contributed by atoms with Gasteiger partial charge in [0.05, 0.1) is 22.4 Å². The minimum absolute atomic E-state index is 0.502. The highest BCUT2D eigenvalue weighted by molar-refractivity contribution is 6.21. The second-order valence-electron chi connectivity index (χ2n) is 16.1. The third-order valence-electron chi connectivity index (χ3n) is 12.1. The molecule has 11 aromatic rings. The molecule has 0 amide bonds. The van der Waals surface area contributed by atoms with Crippen molar-refractivity contribution in [2.75, 3.05) is 0 Å². The molecule has 288 valence electrons. The summed E-state index contributed by atoms with van der Waals surface area (Å²) < 4.78 is 9.11. The molecule has 1 aliphatic carbocycles. The summed E-state index contributed by atoms with van der Waals surface area (Å²) in [6, 6.07) is 63.7. The Labute approximate surface area is 353 Å². The van der Waals surface area contributed by atoms with E-state index in [1.807, 2.05) is 36.4 Å². The molecule has 5 nitrogen and oxygen atoms in total.